The zero-order valence-electron chi connectivity index (χ0n) is 12.9. The summed E-state index contributed by atoms with van der Waals surface area (Å²) in [6.45, 7) is 7.52. The number of thiazole rings is 1. The third-order valence-corrected chi connectivity index (χ3v) is 4.71. The molecule has 1 atom stereocenters. The lowest BCUT2D eigenvalue weighted by Crippen LogP contribution is -2.34. The first-order chi connectivity index (χ1) is 9.81. The van der Waals surface area contributed by atoms with Crippen LogP contribution < -0.4 is 10.9 Å². The summed E-state index contributed by atoms with van der Waals surface area (Å²) in [5, 5.41) is 5.61. The minimum absolute atomic E-state index is 0.167. The van der Waals surface area contributed by atoms with Crippen LogP contribution in [0.25, 0.3) is 0 Å². The number of amides is 1. The van der Waals surface area contributed by atoms with E-state index in [9.17, 15) is 9.59 Å². The quantitative estimate of drug-likeness (QED) is 0.946. The molecule has 0 spiro atoms. The Balaban J connectivity index is 2.27. The third-order valence-electron chi connectivity index (χ3n) is 3.57. The van der Waals surface area contributed by atoms with Crippen molar-refractivity contribution in [2.45, 2.75) is 33.7 Å². The van der Waals surface area contributed by atoms with E-state index in [-0.39, 0.29) is 23.1 Å². The molecule has 5 nitrogen and oxygen atoms in total. The standard InChI is InChI=1S/C15H19N3O2S/c1-8-6-12(15(20)18(5)11(8)4)13(19)17-10(3)14-16-9(2)7-21-14/h6-7,10H,1-5H3,(H,17,19)/t10-/m1/s1. The summed E-state index contributed by atoms with van der Waals surface area (Å²) in [5.74, 6) is -0.362. The van der Waals surface area contributed by atoms with E-state index in [1.807, 2.05) is 33.1 Å². The van der Waals surface area contributed by atoms with Gasteiger partial charge in [-0.3, -0.25) is 9.59 Å². The van der Waals surface area contributed by atoms with Crippen LogP contribution in [0.4, 0.5) is 0 Å². The molecule has 2 aromatic rings. The van der Waals surface area contributed by atoms with Gasteiger partial charge in [0.25, 0.3) is 11.5 Å². The number of carbonyl (C=O) groups excluding carboxylic acids is 1. The number of nitrogens with one attached hydrogen (secondary N) is 1. The highest BCUT2D eigenvalue weighted by Crippen LogP contribution is 2.17. The Labute approximate surface area is 127 Å². The molecule has 6 heteroatoms. The van der Waals surface area contributed by atoms with E-state index < -0.39 is 0 Å². The molecular formula is C15H19N3O2S. The maximum atomic E-state index is 12.3. The van der Waals surface area contributed by atoms with Gasteiger partial charge in [-0.15, -0.1) is 11.3 Å². The van der Waals surface area contributed by atoms with Crippen LogP contribution in [-0.2, 0) is 7.05 Å². The minimum atomic E-state index is -0.362. The monoisotopic (exact) mass is 305 g/mol. The number of hydrogen-bond acceptors (Lipinski definition) is 4. The van der Waals surface area contributed by atoms with Gasteiger partial charge in [-0.2, -0.15) is 0 Å². The van der Waals surface area contributed by atoms with Gasteiger partial charge >= 0.3 is 0 Å². The second-order valence-corrected chi connectivity index (χ2v) is 6.10. The lowest BCUT2D eigenvalue weighted by Gasteiger charge is -2.13. The third kappa shape index (κ3) is 3.05. The van der Waals surface area contributed by atoms with E-state index in [1.54, 1.807) is 13.1 Å². The summed E-state index contributed by atoms with van der Waals surface area (Å²) in [6.07, 6.45) is 0. The van der Waals surface area contributed by atoms with Gasteiger partial charge in [0.1, 0.15) is 10.6 Å². The average molecular weight is 305 g/mol. The summed E-state index contributed by atoms with van der Waals surface area (Å²) in [4.78, 5) is 28.9. The Morgan fingerprint density at radius 2 is 2.05 bits per heavy atom. The molecule has 1 N–H and O–H groups in total. The van der Waals surface area contributed by atoms with Crippen molar-refractivity contribution < 1.29 is 4.79 Å². The van der Waals surface area contributed by atoms with E-state index >= 15 is 0 Å². The molecule has 2 heterocycles. The molecule has 0 unspecified atom stereocenters. The number of carbonyl (C=O) groups is 1. The van der Waals surface area contributed by atoms with Crippen molar-refractivity contribution in [2.75, 3.05) is 0 Å². The van der Waals surface area contributed by atoms with Crippen LogP contribution in [0.15, 0.2) is 16.2 Å². The van der Waals surface area contributed by atoms with Crippen molar-refractivity contribution in [1.29, 1.82) is 0 Å². The minimum Gasteiger partial charge on any atom is -0.343 e. The van der Waals surface area contributed by atoms with Crippen molar-refractivity contribution in [1.82, 2.24) is 14.9 Å². The Morgan fingerprint density at radius 1 is 1.38 bits per heavy atom. The molecule has 1 amide bonds. The molecule has 0 saturated heterocycles. The summed E-state index contributed by atoms with van der Waals surface area (Å²) >= 11 is 1.50. The number of nitrogens with zero attached hydrogens (tertiary/aromatic N) is 2. The van der Waals surface area contributed by atoms with Gasteiger partial charge in [0.15, 0.2) is 0 Å². The lowest BCUT2D eigenvalue weighted by atomic mass is 10.1. The Kier molecular flexibility index (Phi) is 4.27. The van der Waals surface area contributed by atoms with Crippen LogP contribution in [0.3, 0.4) is 0 Å². The molecule has 0 fully saturated rings. The number of aromatic nitrogens is 2. The summed E-state index contributed by atoms with van der Waals surface area (Å²) in [7, 11) is 1.68. The largest absolute Gasteiger partial charge is 0.343 e. The van der Waals surface area contributed by atoms with E-state index in [4.69, 9.17) is 0 Å². The van der Waals surface area contributed by atoms with Crippen molar-refractivity contribution in [3.05, 3.63) is 49.3 Å². The van der Waals surface area contributed by atoms with E-state index in [0.29, 0.717) is 0 Å². The topological polar surface area (TPSA) is 64.0 Å². The van der Waals surface area contributed by atoms with Gasteiger partial charge < -0.3 is 9.88 Å². The van der Waals surface area contributed by atoms with Gasteiger partial charge in [0.2, 0.25) is 0 Å². The maximum absolute atomic E-state index is 12.3. The predicted octanol–water partition coefficient (Wildman–Crippen LogP) is 2.26. The summed E-state index contributed by atoms with van der Waals surface area (Å²) in [6, 6.07) is 1.43. The van der Waals surface area contributed by atoms with Crippen molar-refractivity contribution in [3.8, 4) is 0 Å². The molecule has 112 valence electrons. The van der Waals surface area contributed by atoms with Crippen molar-refractivity contribution >= 4 is 17.2 Å². The number of aryl methyl sites for hydroxylation is 2. The van der Waals surface area contributed by atoms with Crippen LogP contribution >= 0.6 is 11.3 Å². The lowest BCUT2D eigenvalue weighted by molar-refractivity contribution is 0.0937. The van der Waals surface area contributed by atoms with Crippen LogP contribution in [0, 0.1) is 20.8 Å². The molecule has 0 bridgehead atoms. The van der Waals surface area contributed by atoms with Crippen molar-refractivity contribution in [3.63, 3.8) is 0 Å². The molecule has 0 aliphatic carbocycles. The second kappa shape index (κ2) is 5.81. The van der Waals surface area contributed by atoms with Gasteiger partial charge in [-0.25, -0.2) is 4.98 Å². The zero-order valence-corrected chi connectivity index (χ0v) is 13.7. The van der Waals surface area contributed by atoms with E-state index in [1.165, 1.54) is 15.9 Å². The first kappa shape index (κ1) is 15.4. The first-order valence-electron chi connectivity index (χ1n) is 6.71. The molecule has 0 radical (unpaired) electrons. The number of pyridine rings is 1. The van der Waals surface area contributed by atoms with Gasteiger partial charge in [-0.05, 0) is 39.3 Å². The summed E-state index contributed by atoms with van der Waals surface area (Å²) < 4.78 is 1.50. The number of rotatable bonds is 3. The highest BCUT2D eigenvalue weighted by Gasteiger charge is 2.18. The molecule has 0 saturated carbocycles. The van der Waals surface area contributed by atoms with Crippen LogP contribution in [0.5, 0.6) is 0 Å². The summed E-state index contributed by atoms with van der Waals surface area (Å²) in [5.41, 5.74) is 2.59. The second-order valence-electron chi connectivity index (χ2n) is 5.21. The SMILES string of the molecule is Cc1csc([C@@H](C)NC(=O)c2cc(C)c(C)n(C)c2=O)n1. The Hall–Kier alpha value is -1.95. The highest BCUT2D eigenvalue weighted by atomic mass is 32.1. The fourth-order valence-corrected chi connectivity index (χ4v) is 2.85. The average Bonchev–Trinajstić information content (AvgIpc) is 2.87. The van der Waals surface area contributed by atoms with Gasteiger partial charge in [-0.1, -0.05) is 0 Å². The van der Waals surface area contributed by atoms with Crippen molar-refractivity contribution in [2.24, 2.45) is 7.05 Å². The fourth-order valence-electron chi connectivity index (χ4n) is 2.05. The Bertz CT molecular complexity index is 746. The van der Waals surface area contributed by atoms with E-state index in [0.717, 1.165) is 22.0 Å². The van der Waals surface area contributed by atoms with Crippen LogP contribution in [0.1, 0.15) is 45.3 Å². The molecule has 0 aliphatic heterocycles. The molecular weight excluding hydrogens is 286 g/mol. The van der Waals surface area contributed by atoms with E-state index in [2.05, 4.69) is 10.3 Å². The van der Waals surface area contributed by atoms with Crippen LogP contribution in [-0.4, -0.2) is 15.5 Å². The number of hydrogen-bond donors (Lipinski definition) is 1. The Morgan fingerprint density at radius 3 is 2.62 bits per heavy atom. The van der Waals surface area contributed by atoms with Gasteiger partial charge in [0.05, 0.1) is 6.04 Å². The fraction of sp³-hybridized carbons (Fsp3) is 0.400. The van der Waals surface area contributed by atoms with Crippen LogP contribution in [0.2, 0.25) is 0 Å². The first-order valence-corrected chi connectivity index (χ1v) is 7.59. The maximum Gasteiger partial charge on any atom is 0.263 e. The highest BCUT2D eigenvalue weighted by molar-refractivity contribution is 7.09. The molecule has 0 aromatic carbocycles. The molecule has 0 aliphatic rings. The smallest absolute Gasteiger partial charge is 0.263 e. The molecule has 21 heavy (non-hydrogen) atoms. The molecule has 2 aromatic heterocycles. The normalized spacial score (nSPS) is 12.2. The molecule has 2 rings (SSSR count). The zero-order chi connectivity index (χ0) is 15.7. The van der Waals surface area contributed by atoms with Gasteiger partial charge in [0, 0.05) is 23.8 Å². The predicted molar refractivity (Wildman–Crippen MR) is 83.9 cm³/mol.